The zero-order chi connectivity index (χ0) is 9.07. The highest BCUT2D eigenvalue weighted by molar-refractivity contribution is 6.00. The summed E-state index contributed by atoms with van der Waals surface area (Å²) in [5, 5.41) is 0. The monoisotopic (exact) mass is 144 g/mol. The van der Waals surface area contributed by atoms with Crippen LogP contribution in [0.3, 0.4) is 0 Å². The Kier molecular flexibility index (Phi) is 2.20. The van der Waals surface area contributed by atoms with E-state index in [1.807, 2.05) is 0 Å². The average molecular weight is 144 g/mol. The molecular formula is C8H14O2. The van der Waals surface area contributed by atoms with Gasteiger partial charge in [0, 0.05) is 6.79 Å². The first-order valence-corrected chi connectivity index (χ1v) is 3.22. The van der Waals surface area contributed by atoms with Crippen molar-refractivity contribution in [1.82, 2.24) is 0 Å². The summed E-state index contributed by atoms with van der Waals surface area (Å²) in [4.78, 5) is 21.7. The van der Waals surface area contributed by atoms with Gasteiger partial charge in [0.1, 0.15) is 11.6 Å². The molecule has 0 aromatic rings. The molecule has 0 amide bonds. The van der Waals surface area contributed by atoms with Crippen LogP contribution in [0.5, 0.6) is 0 Å². The fraction of sp³-hybridized carbons (Fsp3) is 0.750. The van der Waals surface area contributed by atoms with Crippen molar-refractivity contribution in [3.63, 3.8) is 0 Å². The predicted molar refractivity (Wildman–Crippen MR) is 39.8 cm³/mol. The summed E-state index contributed by atoms with van der Waals surface area (Å²) in [5.74, 6) is -0.267. The normalized spacial score (nSPS) is 12.5. The van der Waals surface area contributed by atoms with Crippen LogP contribution in [0.4, 0.5) is 0 Å². The molecule has 0 fully saturated rings. The number of carbonyl (C=O) groups is 2. The zero-order valence-corrected chi connectivity index (χ0v) is 6.73. The lowest BCUT2D eigenvalue weighted by atomic mass is 9.88. The van der Waals surface area contributed by atoms with E-state index in [1.165, 1.54) is 6.92 Å². The van der Waals surface area contributed by atoms with E-state index in [0.717, 1.165) is 0 Å². The van der Waals surface area contributed by atoms with E-state index >= 15 is 0 Å². The van der Waals surface area contributed by atoms with Crippen molar-refractivity contribution in [2.75, 3.05) is 0 Å². The third-order valence-electron chi connectivity index (χ3n) is 1.16. The summed E-state index contributed by atoms with van der Waals surface area (Å²) in [7, 11) is 0. The largest absolute Gasteiger partial charge is 0.300 e. The minimum absolute atomic E-state index is 0.0358. The Hall–Kier alpha value is -0.660. The molecule has 0 saturated carbocycles. The highest BCUT2D eigenvalue weighted by Crippen LogP contribution is 2.16. The van der Waals surface area contributed by atoms with Crippen molar-refractivity contribution in [3.05, 3.63) is 0 Å². The number of hydrogen-bond donors (Lipinski definition) is 0. The molecule has 0 atom stereocenters. The van der Waals surface area contributed by atoms with Gasteiger partial charge in [-0.15, -0.1) is 0 Å². The first-order chi connectivity index (χ1) is 4.90. The summed E-state index contributed by atoms with van der Waals surface area (Å²) in [6.45, 7) is 4.80. The average Bonchev–Trinajstić information content (AvgIpc) is 1.86. The SMILES string of the molecule is [3H]CC(C)(C)C(=O)CC(C)=O. The molecule has 0 unspecified atom stereocenters. The van der Waals surface area contributed by atoms with Gasteiger partial charge in [0.15, 0.2) is 0 Å². The third-order valence-corrected chi connectivity index (χ3v) is 1.16. The second-order valence-electron chi connectivity index (χ2n) is 3.19. The number of ketones is 2. The van der Waals surface area contributed by atoms with E-state index in [4.69, 9.17) is 1.37 Å². The lowest BCUT2D eigenvalue weighted by Crippen LogP contribution is -2.21. The van der Waals surface area contributed by atoms with Crippen LogP contribution in [0.15, 0.2) is 0 Å². The Labute approximate surface area is 63.0 Å². The van der Waals surface area contributed by atoms with Gasteiger partial charge in [0.2, 0.25) is 0 Å². The van der Waals surface area contributed by atoms with Crippen LogP contribution in [-0.4, -0.2) is 11.6 Å². The van der Waals surface area contributed by atoms with Crippen LogP contribution >= 0.6 is 0 Å². The van der Waals surface area contributed by atoms with Crippen LogP contribution in [0.1, 0.15) is 35.5 Å². The third kappa shape index (κ3) is 3.38. The Morgan fingerprint density at radius 1 is 1.50 bits per heavy atom. The molecule has 0 heterocycles. The smallest absolute Gasteiger partial charge is 0.145 e. The highest BCUT2D eigenvalue weighted by atomic mass is 16.1. The van der Waals surface area contributed by atoms with Crippen LogP contribution in [0, 0.1) is 5.41 Å². The number of Topliss-reactive ketones (excluding diaryl/α,β-unsaturated/α-hetero) is 2. The summed E-state index contributed by atoms with van der Waals surface area (Å²) in [6, 6.07) is 0. The molecule has 0 aromatic heterocycles. The standard InChI is InChI=1S/C8H14O2/c1-6(9)5-7(10)8(2,3)4/h5H2,1-4H3/i2T. The lowest BCUT2D eigenvalue weighted by molar-refractivity contribution is -0.130. The molecule has 0 aliphatic heterocycles. The molecule has 2 heteroatoms. The Morgan fingerprint density at radius 3 is 2.30 bits per heavy atom. The van der Waals surface area contributed by atoms with Gasteiger partial charge in [0.05, 0.1) is 6.42 Å². The number of hydrogen-bond acceptors (Lipinski definition) is 2. The van der Waals surface area contributed by atoms with Gasteiger partial charge in [-0.3, -0.25) is 9.59 Å². The van der Waals surface area contributed by atoms with Crippen molar-refractivity contribution < 1.29 is 11.0 Å². The quantitative estimate of drug-likeness (QED) is 0.551. The van der Waals surface area contributed by atoms with Gasteiger partial charge in [-0.2, -0.15) is 0 Å². The van der Waals surface area contributed by atoms with Crippen LogP contribution < -0.4 is 0 Å². The Balaban J connectivity index is 4.13. The zero-order valence-electron chi connectivity index (χ0n) is 7.73. The first kappa shape index (κ1) is 7.45. The van der Waals surface area contributed by atoms with Crippen LogP contribution in [0.2, 0.25) is 0 Å². The molecule has 0 spiro atoms. The van der Waals surface area contributed by atoms with Gasteiger partial charge >= 0.3 is 0 Å². The summed E-state index contributed by atoms with van der Waals surface area (Å²) in [5.41, 5.74) is -0.661. The minimum Gasteiger partial charge on any atom is -0.300 e. The first-order valence-electron chi connectivity index (χ1n) is 3.93. The summed E-state index contributed by atoms with van der Waals surface area (Å²) < 4.78 is 7.05. The van der Waals surface area contributed by atoms with Gasteiger partial charge in [-0.1, -0.05) is 20.7 Å². The van der Waals surface area contributed by atoms with E-state index in [-0.39, 0.29) is 24.9 Å². The molecule has 0 aliphatic carbocycles. The van der Waals surface area contributed by atoms with Crippen molar-refractivity contribution in [2.24, 2.45) is 5.41 Å². The van der Waals surface area contributed by atoms with Gasteiger partial charge in [0.25, 0.3) is 0 Å². The Morgan fingerprint density at radius 2 is 2.00 bits per heavy atom. The van der Waals surface area contributed by atoms with Crippen molar-refractivity contribution in [2.45, 2.75) is 34.1 Å². The molecule has 58 valence electrons. The van der Waals surface area contributed by atoms with Crippen LogP contribution in [-0.2, 0) is 9.59 Å². The maximum atomic E-state index is 11.2. The summed E-state index contributed by atoms with van der Waals surface area (Å²) in [6.07, 6.45) is -0.0358. The van der Waals surface area contributed by atoms with E-state index in [9.17, 15) is 9.59 Å². The van der Waals surface area contributed by atoms with E-state index in [0.29, 0.717) is 0 Å². The van der Waals surface area contributed by atoms with Crippen LogP contribution in [0.25, 0.3) is 0 Å². The molecule has 0 bridgehead atoms. The molecule has 10 heavy (non-hydrogen) atoms. The molecule has 0 aromatic carbocycles. The maximum absolute atomic E-state index is 11.2. The highest BCUT2D eigenvalue weighted by Gasteiger charge is 2.21. The fourth-order valence-corrected chi connectivity index (χ4v) is 0.465. The van der Waals surface area contributed by atoms with Gasteiger partial charge < -0.3 is 0 Å². The van der Waals surface area contributed by atoms with E-state index in [1.54, 1.807) is 13.8 Å². The lowest BCUT2D eigenvalue weighted by Gasteiger charge is -2.14. The molecule has 0 saturated heterocycles. The molecule has 0 rings (SSSR count). The second kappa shape index (κ2) is 2.95. The number of carbonyl (C=O) groups excluding carboxylic acids is 2. The van der Waals surface area contributed by atoms with Gasteiger partial charge in [-0.25, -0.2) is 0 Å². The number of rotatable bonds is 2. The van der Waals surface area contributed by atoms with Crippen molar-refractivity contribution in [3.8, 4) is 0 Å². The summed E-state index contributed by atoms with van der Waals surface area (Å²) >= 11 is 0. The molecular weight excluding hydrogens is 128 g/mol. The topological polar surface area (TPSA) is 34.1 Å². The minimum atomic E-state index is -0.661. The van der Waals surface area contributed by atoms with Gasteiger partial charge in [-0.05, 0) is 6.92 Å². The molecule has 0 radical (unpaired) electrons. The van der Waals surface area contributed by atoms with Crippen molar-refractivity contribution >= 4 is 11.6 Å². The Bertz CT molecular complexity index is 173. The molecule has 0 N–H and O–H groups in total. The molecule has 0 aliphatic rings. The maximum Gasteiger partial charge on any atom is 0.145 e. The fourth-order valence-electron chi connectivity index (χ4n) is 0.465. The second-order valence-corrected chi connectivity index (χ2v) is 3.19. The molecule has 2 nitrogen and oxygen atoms in total. The van der Waals surface area contributed by atoms with E-state index in [2.05, 4.69) is 0 Å². The predicted octanol–water partition coefficient (Wildman–Crippen LogP) is 1.58. The van der Waals surface area contributed by atoms with Crippen molar-refractivity contribution in [1.29, 1.82) is 0 Å². The van der Waals surface area contributed by atoms with E-state index < -0.39 is 5.41 Å².